The summed E-state index contributed by atoms with van der Waals surface area (Å²) in [6.07, 6.45) is 0. The number of halogens is 2. The van der Waals surface area contributed by atoms with Crippen LogP contribution in [0.3, 0.4) is 0 Å². The van der Waals surface area contributed by atoms with Crippen LogP contribution in [0.15, 0.2) is 47.4 Å². The maximum atomic E-state index is 13.4. The zero-order chi connectivity index (χ0) is 20.8. The lowest BCUT2D eigenvalue weighted by atomic mass is 10.2. The van der Waals surface area contributed by atoms with Gasteiger partial charge in [-0.05, 0) is 61.3 Å². The lowest BCUT2D eigenvalue weighted by Gasteiger charge is -2.24. The number of hydrogen-bond donors (Lipinski definition) is 0. The van der Waals surface area contributed by atoms with Crippen molar-refractivity contribution in [3.63, 3.8) is 0 Å². The van der Waals surface area contributed by atoms with Gasteiger partial charge in [0, 0.05) is 28.6 Å². The van der Waals surface area contributed by atoms with E-state index in [1.807, 2.05) is 42.5 Å². The van der Waals surface area contributed by atoms with E-state index in [1.165, 1.54) is 16.2 Å². The molecular weight excluding hydrogens is 457 g/mol. The molecule has 0 atom stereocenters. The second-order valence-electron chi connectivity index (χ2n) is 6.55. The van der Waals surface area contributed by atoms with Crippen LogP contribution >= 0.6 is 47.1 Å². The maximum Gasteiger partial charge on any atom is 0.260 e. The van der Waals surface area contributed by atoms with E-state index in [4.69, 9.17) is 16.6 Å². The number of nitrogens with zero attached hydrogens (tertiary/aromatic N) is 3. The fourth-order valence-corrected chi connectivity index (χ4v) is 5.01. The van der Waals surface area contributed by atoms with Gasteiger partial charge >= 0.3 is 0 Å². The number of thioether (sulfide) groups is 1. The molecule has 1 amide bonds. The van der Waals surface area contributed by atoms with Crippen LogP contribution in [0.1, 0.15) is 31.1 Å². The molecule has 0 spiro atoms. The Morgan fingerprint density at radius 2 is 1.77 bits per heavy atom. The molecule has 30 heavy (non-hydrogen) atoms. The third kappa shape index (κ3) is 6.11. The molecule has 4 nitrogen and oxygen atoms in total. The average molecular weight is 485 g/mol. The van der Waals surface area contributed by atoms with Crippen molar-refractivity contribution >= 4 is 68.4 Å². The van der Waals surface area contributed by atoms with E-state index >= 15 is 0 Å². The number of thiazole rings is 1. The highest BCUT2D eigenvalue weighted by molar-refractivity contribution is 7.99. The third-order valence-corrected chi connectivity index (χ3v) is 6.93. The number of carbonyl (C=O) groups excluding carboxylic acids is 1. The lowest BCUT2D eigenvalue weighted by molar-refractivity contribution is 0.0983. The molecule has 0 aliphatic carbocycles. The fourth-order valence-electron chi connectivity index (χ4n) is 3.08. The van der Waals surface area contributed by atoms with Crippen LogP contribution in [0, 0.1) is 0 Å². The number of carbonyl (C=O) groups is 1. The molecule has 0 unspecified atom stereocenters. The van der Waals surface area contributed by atoms with Crippen LogP contribution in [-0.2, 0) is 0 Å². The monoisotopic (exact) mass is 483 g/mol. The minimum atomic E-state index is -0.0182. The molecule has 0 radical (unpaired) electrons. The Hall–Kier alpha value is -1.31. The number of likely N-dealkylation sites (N-methyl/N-ethyl adjacent to an activating group) is 1. The summed E-state index contributed by atoms with van der Waals surface area (Å²) in [4.78, 5) is 23.4. The summed E-state index contributed by atoms with van der Waals surface area (Å²) in [5, 5.41) is 1.39. The van der Waals surface area contributed by atoms with Crippen molar-refractivity contribution in [2.75, 3.05) is 36.8 Å². The van der Waals surface area contributed by atoms with Gasteiger partial charge in [-0.1, -0.05) is 43.7 Å². The van der Waals surface area contributed by atoms with Crippen molar-refractivity contribution < 1.29 is 4.79 Å². The van der Waals surface area contributed by atoms with Gasteiger partial charge in [-0.2, -0.15) is 0 Å². The highest BCUT2D eigenvalue weighted by Crippen LogP contribution is 2.31. The summed E-state index contributed by atoms with van der Waals surface area (Å²) in [6, 6.07) is 13.5. The number of aromatic nitrogens is 1. The molecule has 0 aliphatic heterocycles. The molecule has 1 aromatic heterocycles. The molecule has 8 heteroatoms. The number of anilines is 1. The van der Waals surface area contributed by atoms with Crippen LogP contribution in [0.25, 0.3) is 10.2 Å². The molecule has 162 valence electrons. The standard InChI is InChI=1S/C22H26ClN3OS2.ClH/c1-4-25(5-2)13-14-26(21(27)16-7-10-18(11-8-16)28-6-3)22-24-19-12-9-17(23)15-20(19)29-22;/h7-12,15H,4-6,13-14H2,1-3H3;1H. The molecule has 1 heterocycles. The fraction of sp³-hybridized carbons (Fsp3) is 0.364. The van der Waals surface area contributed by atoms with E-state index in [1.54, 1.807) is 16.7 Å². The predicted molar refractivity (Wildman–Crippen MR) is 134 cm³/mol. The minimum Gasteiger partial charge on any atom is -0.302 e. The summed E-state index contributed by atoms with van der Waals surface area (Å²) >= 11 is 9.41. The first-order valence-corrected chi connectivity index (χ1v) is 12.1. The SMILES string of the molecule is CCSc1ccc(C(=O)N(CCN(CC)CC)c2nc3ccc(Cl)cc3s2)cc1.Cl. The number of amides is 1. The molecule has 0 bridgehead atoms. The number of fused-ring (bicyclic) bond motifs is 1. The topological polar surface area (TPSA) is 36.4 Å². The van der Waals surface area contributed by atoms with Crippen molar-refractivity contribution in [2.24, 2.45) is 0 Å². The largest absolute Gasteiger partial charge is 0.302 e. The molecule has 0 aliphatic rings. The van der Waals surface area contributed by atoms with E-state index in [-0.39, 0.29) is 18.3 Å². The van der Waals surface area contributed by atoms with Crippen molar-refractivity contribution in [2.45, 2.75) is 25.7 Å². The predicted octanol–water partition coefficient (Wildman–Crippen LogP) is 6.47. The van der Waals surface area contributed by atoms with Crippen molar-refractivity contribution in [1.82, 2.24) is 9.88 Å². The van der Waals surface area contributed by atoms with E-state index in [0.717, 1.165) is 35.6 Å². The molecule has 0 N–H and O–H groups in total. The minimum absolute atomic E-state index is 0. The van der Waals surface area contributed by atoms with Gasteiger partial charge in [0.2, 0.25) is 0 Å². The Morgan fingerprint density at radius 3 is 2.40 bits per heavy atom. The number of benzene rings is 2. The van der Waals surface area contributed by atoms with E-state index in [2.05, 4.69) is 25.7 Å². The summed E-state index contributed by atoms with van der Waals surface area (Å²) < 4.78 is 0.989. The third-order valence-electron chi connectivity index (χ3n) is 4.76. The van der Waals surface area contributed by atoms with Crippen LogP contribution in [0.4, 0.5) is 5.13 Å². The van der Waals surface area contributed by atoms with Crippen molar-refractivity contribution in [3.05, 3.63) is 53.1 Å². The van der Waals surface area contributed by atoms with Gasteiger partial charge in [0.25, 0.3) is 5.91 Å². The first kappa shape index (κ1) is 25.0. The van der Waals surface area contributed by atoms with Gasteiger partial charge in [-0.3, -0.25) is 9.69 Å². The number of rotatable bonds is 9. The van der Waals surface area contributed by atoms with Crippen LogP contribution in [0.5, 0.6) is 0 Å². The van der Waals surface area contributed by atoms with E-state index < -0.39 is 0 Å². The molecular formula is C22H27Cl2N3OS2. The zero-order valence-electron chi connectivity index (χ0n) is 17.4. The van der Waals surface area contributed by atoms with Gasteiger partial charge in [-0.25, -0.2) is 4.98 Å². The molecule has 0 fully saturated rings. The van der Waals surface area contributed by atoms with E-state index in [9.17, 15) is 4.79 Å². The Morgan fingerprint density at radius 1 is 1.07 bits per heavy atom. The molecule has 0 saturated heterocycles. The first-order chi connectivity index (χ1) is 14.0. The maximum absolute atomic E-state index is 13.4. The Bertz CT molecular complexity index is 959. The summed E-state index contributed by atoms with van der Waals surface area (Å²) in [5.74, 6) is 0.993. The second kappa shape index (κ2) is 11.9. The Kier molecular flexibility index (Phi) is 9.91. The molecule has 2 aromatic carbocycles. The van der Waals surface area contributed by atoms with Gasteiger partial charge in [0.1, 0.15) is 0 Å². The molecule has 0 saturated carbocycles. The number of hydrogen-bond acceptors (Lipinski definition) is 5. The zero-order valence-corrected chi connectivity index (χ0v) is 20.6. The lowest BCUT2D eigenvalue weighted by Crippen LogP contribution is -2.38. The Labute approximate surface area is 198 Å². The summed E-state index contributed by atoms with van der Waals surface area (Å²) in [7, 11) is 0. The summed E-state index contributed by atoms with van der Waals surface area (Å²) in [5.41, 5.74) is 1.55. The Balaban J connectivity index is 0.00000320. The summed E-state index contributed by atoms with van der Waals surface area (Å²) in [6.45, 7) is 9.71. The molecule has 3 rings (SSSR count). The van der Waals surface area contributed by atoms with Crippen molar-refractivity contribution in [1.29, 1.82) is 0 Å². The highest BCUT2D eigenvalue weighted by atomic mass is 35.5. The van der Waals surface area contributed by atoms with Crippen molar-refractivity contribution in [3.8, 4) is 0 Å². The van der Waals surface area contributed by atoms with Crippen LogP contribution < -0.4 is 4.90 Å². The first-order valence-electron chi connectivity index (χ1n) is 9.88. The van der Waals surface area contributed by atoms with Gasteiger partial charge in [-0.15, -0.1) is 24.2 Å². The molecule has 3 aromatic rings. The van der Waals surface area contributed by atoms with E-state index in [0.29, 0.717) is 22.3 Å². The quantitative estimate of drug-likeness (QED) is 0.326. The van der Waals surface area contributed by atoms with Gasteiger partial charge < -0.3 is 4.90 Å². The average Bonchev–Trinajstić information content (AvgIpc) is 3.14. The normalized spacial score (nSPS) is 11.0. The van der Waals surface area contributed by atoms with Crippen LogP contribution in [0.2, 0.25) is 5.02 Å². The van der Waals surface area contributed by atoms with Gasteiger partial charge in [0.15, 0.2) is 5.13 Å². The smallest absolute Gasteiger partial charge is 0.260 e. The second-order valence-corrected chi connectivity index (χ2v) is 9.33. The van der Waals surface area contributed by atoms with Crippen LogP contribution in [-0.4, -0.2) is 47.7 Å². The van der Waals surface area contributed by atoms with Gasteiger partial charge in [0.05, 0.1) is 10.2 Å². The highest BCUT2D eigenvalue weighted by Gasteiger charge is 2.22.